The third-order valence-corrected chi connectivity index (χ3v) is 4.21. The molecule has 1 aromatic heterocycles. The first-order chi connectivity index (χ1) is 11.0. The Hall–Kier alpha value is -1.44. The summed E-state index contributed by atoms with van der Waals surface area (Å²) in [5, 5.41) is 13.4. The van der Waals surface area contributed by atoms with Crippen LogP contribution in [0, 0.1) is 6.92 Å². The summed E-state index contributed by atoms with van der Waals surface area (Å²) in [7, 11) is 0. The molecule has 0 unspecified atom stereocenters. The molecule has 130 valence electrons. The Morgan fingerprint density at radius 2 is 2.17 bits per heavy atom. The molecule has 0 bridgehead atoms. The summed E-state index contributed by atoms with van der Waals surface area (Å²) >= 11 is 0. The van der Waals surface area contributed by atoms with Gasteiger partial charge in [-0.2, -0.15) is 0 Å². The predicted octanol–water partition coefficient (Wildman–Crippen LogP) is 0.663. The summed E-state index contributed by atoms with van der Waals surface area (Å²) in [5.41, 5.74) is -0.457. The molecule has 1 saturated heterocycles. The van der Waals surface area contributed by atoms with E-state index < -0.39 is 23.6 Å². The van der Waals surface area contributed by atoms with Gasteiger partial charge >= 0.3 is 5.69 Å². The van der Waals surface area contributed by atoms with Crippen LogP contribution in [0.15, 0.2) is 15.8 Å². The molecule has 0 spiro atoms. The molecule has 7 heteroatoms. The minimum absolute atomic E-state index is 0.341. The SMILES string of the molecule is CCCCCCNC[C@H]1O[C@@H](n2cc(C)c(=O)[nH]c2=O)C[C@@H]1O. The van der Waals surface area contributed by atoms with Gasteiger partial charge in [0, 0.05) is 24.7 Å². The number of aliphatic hydroxyl groups is 1. The fourth-order valence-corrected chi connectivity index (χ4v) is 2.79. The molecule has 1 aliphatic heterocycles. The molecular formula is C16H27N3O4. The molecule has 2 rings (SSSR count). The maximum Gasteiger partial charge on any atom is 0.330 e. The maximum atomic E-state index is 11.9. The third-order valence-electron chi connectivity index (χ3n) is 4.21. The molecule has 0 aliphatic carbocycles. The van der Waals surface area contributed by atoms with Crippen LogP contribution in [-0.2, 0) is 4.74 Å². The highest BCUT2D eigenvalue weighted by atomic mass is 16.5. The Balaban J connectivity index is 1.87. The van der Waals surface area contributed by atoms with E-state index in [9.17, 15) is 14.7 Å². The lowest BCUT2D eigenvalue weighted by molar-refractivity contribution is -0.0192. The average Bonchev–Trinajstić information content (AvgIpc) is 2.87. The smallest absolute Gasteiger partial charge is 0.330 e. The molecule has 23 heavy (non-hydrogen) atoms. The van der Waals surface area contributed by atoms with Gasteiger partial charge in [-0.1, -0.05) is 26.2 Å². The molecule has 1 aliphatic rings. The van der Waals surface area contributed by atoms with Gasteiger partial charge in [-0.15, -0.1) is 0 Å². The van der Waals surface area contributed by atoms with Crippen molar-refractivity contribution in [1.29, 1.82) is 0 Å². The van der Waals surface area contributed by atoms with Crippen molar-refractivity contribution in [3.05, 3.63) is 32.6 Å². The third kappa shape index (κ3) is 4.76. The summed E-state index contributed by atoms with van der Waals surface area (Å²) in [4.78, 5) is 25.6. The minimum Gasteiger partial charge on any atom is -0.390 e. The Labute approximate surface area is 135 Å². The number of nitrogens with one attached hydrogen (secondary N) is 2. The normalized spacial score (nSPS) is 24.2. The van der Waals surface area contributed by atoms with Gasteiger partial charge in [0.05, 0.1) is 12.2 Å². The summed E-state index contributed by atoms with van der Waals surface area (Å²) in [6.45, 7) is 5.27. The first kappa shape index (κ1) is 17.9. The number of rotatable bonds is 8. The fourth-order valence-electron chi connectivity index (χ4n) is 2.79. The van der Waals surface area contributed by atoms with Crippen LogP contribution >= 0.6 is 0 Å². The van der Waals surface area contributed by atoms with Crippen LogP contribution < -0.4 is 16.6 Å². The zero-order valence-electron chi connectivity index (χ0n) is 13.9. The second kappa shape index (κ2) is 8.42. The number of H-pyrrole nitrogens is 1. The van der Waals surface area contributed by atoms with Gasteiger partial charge in [0.1, 0.15) is 6.23 Å². The molecule has 1 aromatic rings. The van der Waals surface area contributed by atoms with Crippen LogP contribution in [0.5, 0.6) is 0 Å². The van der Waals surface area contributed by atoms with Crippen LogP contribution in [0.25, 0.3) is 0 Å². The van der Waals surface area contributed by atoms with Crippen LogP contribution in [0.2, 0.25) is 0 Å². The average molecular weight is 325 g/mol. The Morgan fingerprint density at radius 1 is 1.39 bits per heavy atom. The molecule has 3 N–H and O–H groups in total. The number of aromatic nitrogens is 2. The summed E-state index contributed by atoms with van der Waals surface area (Å²) < 4.78 is 7.14. The molecule has 0 saturated carbocycles. The highest BCUT2D eigenvalue weighted by Crippen LogP contribution is 2.27. The van der Waals surface area contributed by atoms with Gasteiger partial charge in [0.15, 0.2) is 0 Å². The number of unbranched alkanes of at least 4 members (excludes halogenated alkanes) is 3. The van der Waals surface area contributed by atoms with E-state index in [0.29, 0.717) is 18.5 Å². The lowest BCUT2D eigenvalue weighted by atomic mass is 10.1. The van der Waals surface area contributed by atoms with Crippen molar-refractivity contribution in [2.75, 3.05) is 13.1 Å². The van der Waals surface area contributed by atoms with E-state index in [4.69, 9.17) is 4.74 Å². The standard InChI is InChI=1S/C16H27N3O4/c1-3-4-5-6-7-17-9-13-12(20)8-14(23-13)19-10-11(2)15(21)18-16(19)22/h10,12-14,17,20H,3-9H2,1-2H3,(H,18,21,22)/t12-,13+,14+/m0/s1. The van der Waals surface area contributed by atoms with E-state index in [1.54, 1.807) is 6.92 Å². The van der Waals surface area contributed by atoms with Crippen molar-refractivity contribution in [2.24, 2.45) is 0 Å². The summed E-state index contributed by atoms with van der Waals surface area (Å²) in [5.74, 6) is 0. The highest BCUT2D eigenvalue weighted by Gasteiger charge is 2.35. The van der Waals surface area contributed by atoms with Gasteiger partial charge in [0.25, 0.3) is 5.56 Å². The van der Waals surface area contributed by atoms with Gasteiger partial charge in [-0.3, -0.25) is 14.3 Å². The monoisotopic (exact) mass is 325 g/mol. The molecule has 2 heterocycles. The van der Waals surface area contributed by atoms with E-state index in [1.807, 2.05) is 0 Å². The van der Waals surface area contributed by atoms with E-state index in [2.05, 4.69) is 17.2 Å². The largest absolute Gasteiger partial charge is 0.390 e. The topological polar surface area (TPSA) is 96.4 Å². The Bertz CT molecular complexity index is 610. The van der Waals surface area contributed by atoms with Crippen molar-refractivity contribution in [3.8, 4) is 0 Å². The van der Waals surface area contributed by atoms with Gasteiger partial charge in [-0.25, -0.2) is 4.79 Å². The first-order valence-corrected chi connectivity index (χ1v) is 8.39. The van der Waals surface area contributed by atoms with E-state index in [0.717, 1.165) is 13.0 Å². The van der Waals surface area contributed by atoms with Gasteiger partial charge in [0.2, 0.25) is 0 Å². The van der Waals surface area contributed by atoms with Crippen molar-refractivity contribution in [1.82, 2.24) is 14.9 Å². The van der Waals surface area contributed by atoms with Gasteiger partial charge in [-0.05, 0) is 19.9 Å². The zero-order valence-corrected chi connectivity index (χ0v) is 13.9. The maximum absolute atomic E-state index is 11.9. The number of aryl methyl sites for hydroxylation is 1. The predicted molar refractivity (Wildman–Crippen MR) is 87.6 cm³/mol. The fraction of sp³-hybridized carbons (Fsp3) is 0.750. The lowest BCUT2D eigenvalue weighted by Gasteiger charge is -2.17. The Morgan fingerprint density at radius 3 is 2.91 bits per heavy atom. The minimum atomic E-state index is -0.623. The number of nitrogens with zero attached hydrogens (tertiary/aromatic N) is 1. The number of aromatic amines is 1. The van der Waals surface area contributed by atoms with E-state index in [-0.39, 0.29) is 6.10 Å². The molecular weight excluding hydrogens is 298 g/mol. The van der Waals surface area contributed by atoms with Crippen molar-refractivity contribution >= 4 is 0 Å². The quantitative estimate of drug-likeness (QED) is 0.610. The number of hydrogen-bond donors (Lipinski definition) is 3. The molecule has 1 fully saturated rings. The van der Waals surface area contributed by atoms with E-state index >= 15 is 0 Å². The second-order valence-corrected chi connectivity index (χ2v) is 6.18. The van der Waals surface area contributed by atoms with Gasteiger partial charge < -0.3 is 15.2 Å². The van der Waals surface area contributed by atoms with Crippen molar-refractivity contribution < 1.29 is 9.84 Å². The molecule has 7 nitrogen and oxygen atoms in total. The second-order valence-electron chi connectivity index (χ2n) is 6.18. The summed E-state index contributed by atoms with van der Waals surface area (Å²) in [6.07, 6.45) is 5.07. The number of hydrogen-bond acceptors (Lipinski definition) is 5. The Kier molecular flexibility index (Phi) is 6.56. The van der Waals surface area contributed by atoms with Crippen LogP contribution in [0.3, 0.4) is 0 Å². The molecule has 0 radical (unpaired) electrons. The van der Waals surface area contributed by atoms with E-state index in [1.165, 1.54) is 30.0 Å². The summed E-state index contributed by atoms with van der Waals surface area (Å²) in [6, 6.07) is 0. The number of aliphatic hydroxyl groups excluding tert-OH is 1. The van der Waals surface area contributed by atoms with Crippen LogP contribution in [0.1, 0.15) is 50.8 Å². The molecule has 3 atom stereocenters. The van der Waals surface area contributed by atoms with Crippen LogP contribution in [0.4, 0.5) is 0 Å². The van der Waals surface area contributed by atoms with Crippen molar-refractivity contribution in [3.63, 3.8) is 0 Å². The highest BCUT2D eigenvalue weighted by molar-refractivity contribution is 5.02. The van der Waals surface area contributed by atoms with Crippen molar-refractivity contribution in [2.45, 2.75) is 64.4 Å². The zero-order chi connectivity index (χ0) is 16.8. The molecule has 0 amide bonds. The lowest BCUT2D eigenvalue weighted by Crippen LogP contribution is -2.35. The van der Waals surface area contributed by atoms with Crippen LogP contribution in [-0.4, -0.2) is 40.0 Å². The first-order valence-electron chi connectivity index (χ1n) is 8.39. The number of ether oxygens (including phenoxy) is 1. The molecule has 0 aromatic carbocycles.